The predicted molar refractivity (Wildman–Crippen MR) is 97.7 cm³/mol. The molecule has 2 aromatic carbocycles. The lowest BCUT2D eigenvalue weighted by atomic mass is 9.67. The first kappa shape index (κ1) is 15.7. The van der Waals surface area contributed by atoms with Crippen LogP contribution >= 0.6 is 11.6 Å². The third-order valence-corrected chi connectivity index (χ3v) is 5.69. The number of rotatable bonds is 1. The maximum absolute atomic E-state index is 13.1. The van der Waals surface area contributed by atoms with Gasteiger partial charge < -0.3 is 10.6 Å². The van der Waals surface area contributed by atoms with E-state index >= 15 is 0 Å². The number of anilines is 1. The number of carbonyl (C=O) groups is 1. The number of carbonyl (C=O) groups excluding carboxylic acids is 1. The van der Waals surface area contributed by atoms with Crippen LogP contribution in [0.1, 0.15) is 41.1 Å². The fourth-order valence-electron chi connectivity index (χ4n) is 4.28. The van der Waals surface area contributed by atoms with Crippen LogP contribution in [-0.4, -0.2) is 12.5 Å². The van der Waals surface area contributed by atoms with Gasteiger partial charge in [0.2, 0.25) is 5.91 Å². The van der Waals surface area contributed by atoms with Crippen molar-refractivity contribution in [2.24, 2.45) is 0 Å². The third kappa shape index (κ3) is 2.19. The second-order valence-electron chi connectivity index (χ2n) is 6.97. The summed E-state index contributed by atoms with van der Waals surface area (Å²) in [6.07, 6.45) is 1.83. The zero-order chi connectivity index (χ0) is 16.9. The van der Waals surface area contributed by atoms with Crippen LogP contribution in [0.4, 0.5) is 5.69 Å². The molecule has 0 aromatic heterocycles. The molecule has 0 bridgehead atoms. The lowest BCUT2D eigenvalue weighted by Crippen LogP contribution is -2.50. The number of nitrogens with one attached hydrogen (secondary N) is 2. The molecule has 4 heteroatoms. The van der Waals surface area contributed by atoms with E-state index in [1.54, 1.807) is 0 Å². The van der Waals surface area contributed by atoms with Crippen molar-refractivity contribution in [1.29, 1.82) is 0 Å². The number of piperidine rings is 1. The van der Waals surface area contributed by atoms with E-state index in [9.17, 15) is 4.79 Å². The standard InChI is InChI=1S/C20H21ClN2O/c1-12-4-5-13(2)15(10-12)18-20(8-3-9-22-18)16-7-6-14(21)11-17(16)23-19(20)24/h4-7,10-11,18,22H,3,8-9H2,1-2H3,(H,23,24)/t18-,20-/m1/s1. The van der Waals surface area contributed by atoms with Gasteiger partial charge in [-0.15, -0.1) is 0 Å². The highest BCUT2D eigenvalue weighted by molar-refractivity contribution is 6.31. The molecule has 24 heavy (non-hydrogen) atoms. The lowest BCUT2D eigenvalue weighted by Gasteiger charge is -2.41. The van der Waals surface area contributed by atoms with Gasteiger partial charge in [0.15, 0.2) is 0 Å². The largest absolute Gasteiger partial charge is 0.325 e. The Hall–Kier alpha value is -1.84. The normalized spacial score (nSPS) is 25.6. The summed E-state index contributed by atoms with van der Waals surface area (Å²) in [5, 5.41) is 7.35. The van der Waals surface area contributed by atoms with Gasteiger partial charge >= 0.3 is 0 Å². The van der Waals surface area contributed by atoms with Crippen molar-refractivity contribution in [3.8, 4) is 0 Å². The zero-order valence-electron chi connectivity index (χ0n) is 13.9. The third-order valence-electron chi connectivity index (χ3n) is 5.45. The molecule has 3 nitrogen and oxygen atoms in total. The molecule has 1 fully saturated rings. The summed E-state index contributed by atoms with van der Waals surface area (Å²) < 4.78 is 0. The minimum absolute atomic E-state index is 0.0198. The molecular formula is C20H21ClN2O. The molecule has 0 radical (unpaired) electrons. The number of fused-ring (bicyclic) bond motifs is 2. The Morgan fingerprint density at radius 2 is 2.00 bits per heavy atom. The number of amides is 1. The van der Waals surface area contributed by atoms with E-state index in [1.807, 2.05) is 18.2 Å². The van der Waals surface area contributed by atoms with Crippen LogP contribution in [0.15, 0.2) is 36.4 Å². The summed E-state index contributed by atoms with van der Waals surface area (Å²) in [6.45, 7) is 5.14. The Kier molecular flexibility index (Phi) is 3.66. The first-order valence-electron chi connectivity index (χ1n) is 8.44. The molecule has 0 unspecified atom stereocenters. The van der Waals surface area contributed by atoms with E-state index in [0.717, 1.165) is 30.6 Å². The predicted octanol–water partition coefficient (Wildman–Crippen LogP) is 4.27. The van der Waals surface area contributed by atoms with Crippen LogP contribution in [0.3, 0.4) is 0 Å². The molecule has 1 amide bonds. The van der Waals surface area contributed by atoms with E-state index in [-0.39, 0.29) is 11.9 Å². The second kappa shape index (κ2) is 5.61. The molecule has 4 rings (SSSR count). The van der Waals surface area contributed by atoms with Gasteiger partial charge in [-0.25, -0.2) is 0 Å². The van der Waals surface area contributed by atoms with Crippen LogP contribution < -0.4 is 10.6 Å². The zero-order valence-corrected chi connectivity index (χ0v) is 14.7. The Morgan fingerprint density at radius 3 is 2.83 bits per heavy atom. The Labute approximate surface area is 147 Å². The van der Waals surface area contributed by atoms with Crippen LogP contribution in [0, 0.1) is 13.8 Å². The number of hydrogen-bond acceptors (Lipinski definition) is 2. The topological polar surface area (TPSA) is 41.1 Å². The summed E-state index contributed by atoms with van der Waals surface area (Å²) in [5.74, 6) is 0.0814. The first-order chi connectivity index (χ1) is 11.5. The average molecular weight is 341 g/mol. The summed E-state index contributed by atoms with van der Waals surface area (Å²) in [6, 6.07) is 12.2. The SMILES string of the molecule is Cc1ccc(C)c([C@H]2NCCC[C@]23C(=O)Nc2cc(Cl)ccc23)c1. The highest BCUT2D eigenvalue weighted by Crippen LogP contribution is 2.51. The summed E-state index contributed by atoms with van der Waals surface area (Å²) in [7, 11) is 0. The van der Waals surface area contributed by atoms with Crippen molar-refractivity contribution >= 4 is 23.2 Å². The minimum Gasteiger partial charge on any atom is -0.325 e. The van der Waals surface area contributed by atoms with Crippen molar-refractivity contribution in [3.63, 3.8) is 0 Å². The molecule has 0 aliphatic carbocycles. The van der Waals surface area contributed by atoms with E-state index in [1.165, 1.54) is 16.7 Å². The van der Waals surface area contributed by atoms with Crippen LogP contribution in [-0.2, 0) is 10.2 Å². The van der Waals surface area contributed by atoms with E-state index < -0.39 is 5.41 Å². The molecule has 2 aliphatic heterocycles. The van der Waals surface area contributed by atoms with Crippen molar-refractivity contribution < 1.29 is 4.79 Å². The number of halogens is 1. The van der Waals surface area contributed by atoms with E-state index in [0.29, 0.717) is 5.02 Å². The van der Waals surface area contributed by atoms with Crippen LogP contribution in [0.25, 0.3) is 0 Å². The molecule has 2 heterocycles. The minimum atomic E-state index is -0.559. The Bertz CT molecular complexity index is 832. The van der Waals surface area contributed by atoms with Gasteiger partial charge in [0.25, 0.3) is 0 Å². The fourth-order valence-corrected chi connectivity index (χ4v) is 4.45. The number of benzene rings is 2. The molecule has 0 saturated carbocycles. The molecular weight excluding hydrogens is 320 g/mol. The second-order valence-corrected chi connectivity index (χ2v) is 7.40. The molecule has 2 aliphatic rings. The lowest BCUT2D eigenvalue weighted by molar-refractivity contribution is -0.123. The molecule has 2 atom stereocenters. The van der Waals surface area contributed by atoms with Gasteiger partial charge in [-0.05, 0) is 62.1 Å². The van der Waals surface area contributed by atoms with Crippen molar-refractivity contribution in [1.82, 2.24) is 5.32 Å². The van der Waals surface area contributed by atoms with Gasteiger partial charge in [-0.1, -0.05) is 41.4 Å². The Morgan fingerprint density at radius 1 is 1.17 bits per heavy atom. The highest BCUT2D eigenvalue weighted by Gasteiger charge is 2.54. The van der Waals surface area contributed by atoms with Gasteiger partial charge in [0.05, 0.1) is 11.5 Å². The molecule has 2 N–H and O–H groups in total. The van der Waals surface area contributed by atoms with Gasteiger partial charge in [0, 0.05) is 10.7 Å². The fraction of sp³-hybridized carbons (Fsp3) is 0.350. The van der Waals surface area contributed by atoms with Crippen molar-refractivity contribution in [2.75, 3.05) is 11.9 Å². The number of aryl methyl sites for hydroxylation is 2. The summed E-state index contributed by atoms with van der Waals surface area (Å²) >= 11 is 6.13. The number of hydrogen-bond donors (Lipinski definition) is 2. The van der Waals surface area contributed by atoms with Crippen molar-refractivity contribution in [3.05, 3.63) is 63.7 Å². The summed E-state index contributed by atoms with van der Waals surface area (Å²) in [4.78, 5) is 13.1. The van der Waals surface area contributed by atoms with E-state index in [4.69, 9.17) is 11.6 Å². The van der Waals surface area contributed by atoms with Gasteiger partial charge in [-0.2, -0.15) is 0 Å². The van der Waals surface area contributed by atoms with Crippen LogP contribution in [0.5, 0.6) is 0 Å². The smallest absolute Gasteiger partial charge is 0.237 e. The first-order valence-corrected chi connectivity index (χ1v) is 8.82. The monoisotopic (exact) mass is 340 g/mol. The molecule has 124 valence electrons. The maximum atomic E-state index is 13.1. The van der Waals surface area contributed by atoms with Crippen LogP contribution in [0.2, 0.25) is 5.02 Å². The molecule has 1 spiro atoms. The maximum Gasteiger partial charge on any atom is 0.237 e. The van der Waals surface area contributed by atoms with Gasteiger partial charge in [0.1, 0.15) is 0 Å². The van der Waals surface area contributed by atoms with Crippen molar-refractivity contribution in [2.45, 2.75) is 38.1 Å². The molecule has 1 saturated heterocycles. The molecule has 2 aromatic rings. The highest BCUT2D eigenvalue weighted by atomic mass is 35.5. The Balaban J connectivity index is 1.92. The average Bonchev–Trinajstić information content (AvgIpc) is 2.82. The van der Waals surface area contributed by atoms with E-state index in [2.05, 4.69) is 42.7 Å². The van der Waals surface area contributed by atoms with Gasteiger partial charge in [-0.3, -0.25) is 4.79 Å². The summed E-state index contributed by atoms with van der Waals surface area (Å²) in [5.41, 5.74) is 5.01. The quantitative estimate of drug-likeness (QED) is 0.814.